The molecule has 0 saturated carbocycles. The van der Waals surface area contributed by atoms with Gasteiger partial charge in [0.25, 0.3) is 5.69 Å². The molecule has 0 radical (unpaired) electrons. The molecule has 1 aromatic heterocycles. The van der Waals surface area contributed by atoms with Crippen LogP contribution in [0.3, 0.4) is 0 Å². The van der Waals surface area contributed by atoms with Gasteiger partial charge in [0.05, 0.1) is 16.0 Å². The van der Waals surface area contributed by atoms with E-state index < -0.39 is 0 Å². The Hall–Kier alpha value is -1.60. The van der Waals surface area contributed by atoms with Gasteiger partial charge in [-0.3, -0.25) is 10.1 Å². The lowest BCUT2D eigenvalue weighted by molar-refractivity contribution is -0.384. The third kappa shape index (κ3) is 1.98. The molecular formula is C12H14N4O2S. The van der Waals surface area contributed by atoms with Crippen molar-refractivity contribution in [2.24, 2.45) is 0 Å². The lowest BCUT2D eigenvalue weighted by Gasteiger charge is -2.31. The normalized spacial score (nSPS) is 19.6. The Morgan fingerprint density at radius 1 is 1.58 bits per heavy atom. The minimum Gasteiger partial charge on any atom is -0.316 e. The summed E-state index contributed by atoms with van der Waals surface area (Å²) < 4.78 is 4.41. The van der Waals surface area contributed by atoms with Crippen molar-refractivity contribution in [3.63, 3.8) is 0 Å². The molecule has 6 nitrogen and oxygen atoms in total. The number of nitrogens with zero attached hydrogens (tertiary/aromatic N) is 4. The first-order chi connectivity index (χ1) is 9.10. The zero-order valence-corrected chi connectivity index (χ0v) is 11.6. The maximum Gasteiger partial charge on any atom is 0.271 e. The molecule has 7 heteroatoms. The highest BCUT2D eigenvalue weighted by molar-refractivity contribution is 7.96. The summed E-state index contributed by atoms with van der Waals surface area (Å²) in [7, 11) is 0. The van der Waals surface area contributed by atoms with Crippen LogP contribution in [0.1, 0.15) is 13.8 Å². The zero-order chi connectivity index (χ0) is 13.6. The van der Waals surface area contributed by atoms with E-state index in [2.05, 4.69) is 27.7 Å². The summed E-state index contributed by atoms with van der Waals surface area (Å²) in [4.78, 5) is 14.9. The third-order valence-corrected chi connectivity index (χ3v) is 4.68. The summed E-state index contributed by atoms with van der Waals surface area (Å²) >= 11 is 1.62. The Morgan fingerprint density at radius 2 is 2.37 bits per heavy atom. The van der Waals surface area contributed by atoms with E-state index in [4.69, 9.17) is 0 Å². The molecule has 1 atom stereocenters. The van der Waals surface area contributed by atoms with Crippen molar-refractivity contribution in [1.82, 2.24) is 13.9 Å². The largest absolute Gasteiger partial charge is 0.316 e. The van der Waals surface area contributed by atoms with Crippen molar-refractivity contribution in [3.8, 4) is 0 Å². The second-order valence-electron chi connectivity index (χ2n) is 4.61. The maximum atomic E-state index is 10.8. The van der Waals surface area contributed by atoms with Crippen LogP contribution in [0.25, 0.3) is 11.0 Å². The fraction of sp³-hybridized carbons (Fsp3) is 0.417. The van der Waals surface area contributed by atoms with Gasteiger partial charge in [0.15, 0.2) is 5.16 Å². The molecule has 0 aliphatic carbocycles. The summed E-state index contributed by atoms with van der Waals surface area (Å²) in [5.41, 5.74) is 1.76. The molecule has 1 unspecified atom stereocenters. The van der Waals surface area contributed by atoms with Gasteiger partial charge in [0.2, 0.25) is 0 Å². The molecule has 19 heavy (non-hydrogen) atoms. The van der Waals surface area contributed by atoms with Gasteiger partial charge >= 0.3 is 0 Å². The highest BCUT2D eigenvalue weighted by Gasteiger charge is 2.26. The molecule has 2 heterocycles. The lowest BCUT2D eigenvalue weighted by Crippen LogP contribution is -2.34. The summed E-state index contributed by atoms with van der Waals surface area (Å²) in [6.45, 7) is 6.11. The van der Waals surface area contributed by atoms with Crippen LogP contribution in [0.2, 0.25) is 0 Å². The lowest BCUT2D eigenvalue weighted by atomic mass is 10.2. The summed E-state index contributed by atoms with van der Waals surface area (Å²) in [6.07, 6.45) is 0. The average Bonchev–Trinajstić information content (AvgIpc) is 2.74. The average molecular weight is 278 g/mol. The molecule has 100 valence electrons. The molecular weight excluding hydrogens is 264 g/mol. The molecule has 2 aromatic rings. The minimum absolute atomic E-state index is 0.0911. The first-order valence-corrected chi connectivity index (χ1v) is 6.96. The predicted octanol–water partition coefficient (Wildman–Crippen LogP) is 2.68. The van der Waals surface area contributed by atoms with E-state index in [0.717, 1.165) is 23.8 Å². The van der Waals surface area contributed by atoms with E-state index in [0.29, 0.717) is 11.6 Å². The summed E-state index contributed by atoms with van der Waals surface area (Å²) in [6, 6.07) is 5.30. The Labute approximate surface area is 114 Å². The van der Waals surface area contributed by atoms with E-state index in [1.165, 1.54) is 0 Å². The number of imidazole rings is 1. The van der Waals surface area contributed by atoms with Crippen molar-refractivity contribution in [2.75, 3.05) is 6.54 Å². The van der Waals surface area contributed by atoms with Gasteiger partial charge in [-0.2, -0.15) is 0 Å². The Bertz CT molecular complexity index is 654. The molecule has 3 rings (SSSR count). The maximum absolute atomic E-state index is 10.8. The van der Waals surface area contributed by atoms with Crippen LogP contribution in [0, 0.1) is 10.1 Å². The second kappa shape index (κ2) is 4.50. The molecule has 1 aliphatic heterocycles. The quantitative estimate of drug-likeness (QED) is 0.480. The Balaban J connectivity index is 2.10. The van der Waals surface area contributed by atoms with Crippen LogP contribution in [0.4, 0.5) is 5.69 Å². The number of nitro groups is 1. The van der Waals surface area contributed by atoms with Crippen LogP contribution < -0.4 is 0 Å². The molecule has 1 aliphatic rings. The van der Waals surface area contributed by atoms with Crippen molar-refractivity contribution < 1.29 is 4.92 Å². The third-order valence-electron chi connectivity index (χ3n) is 3.36. The number of aromatic nitrogens is 2. The fourth-order valence-electron chi connectivity index (χ4n) is 2.38. The van der Waals surface area contributed by atoms with Crippen LogP contribution in [0.5, 0.6) is 0 Å². The van der Waals surface area contributed by atoms with Crippen LogP contribution >= 0.6 is 11.9 Å². The number of hydrogen-bond acceptors (Lipinski definition) is 5. The number of fused-ring (bicyclic) bond motifs is 3. The molecule has 0 saturated heterocycles. The minimum atomic E-state index is -0.383. The number of likely N-dealkylation sites (N-methyl/N-ethyl adjacent to an activating group) is 1. The van der Waals surface area contributed by atoms with Crippen molar-refractivity contribution in [3.05, 3.63) is 28.3 Å². The number of rotatable bonds is 2. The van der Waals surface area contributed by atoms with Gasteiger partial charge in [-0.05, 0) is 24.9 Å². The van der Waals surface area contributed by atoms with E-state index in [1.54, 1.807) is 30.1 Å². The molecule has 0 amide bonds. The summed E-state index contributed by atoms with van der Waals surface area (Å²) in [5.74, 6) is 0. The van der Waals surface area contributed by atoms with Gasteiger partial charge in [-0.1, -0.05) is 6.92 Å². The van der Waals surface area contributed by atoms with Gasteiger partial charge in [0, 0.05) is 31.3 Å². The van der Waals surface area contributed by atoms with Gasteiger partial charge in [0.1, 0.15) is 0 Å². The topological polar surface area (TPSA) is 64.2 Å². The monoisotopic (exact) mass is 278 g/mol. The molecule has 0 N–H and O–H groups in total. The Kier molecular flexibility index (Phi) is 2.94. The predicted molar refractivity (Wildman–Crippen MR) is 74.1 cm³/mol. The van der Waals surface area contributed by atoms with Crippen molar-refractivity contribution in [2.45, 2.75) is 31.6 Å². The number of hydrogen-bond donors (Lipinski definition) is 0. The second-order valence-corrected chi connectivity index (χ2v) is 5.63. The molecule has 0 fully saturated rings. The van der Waals surface area contributed by atoms with Crippen LogP contribution in [0.15, 0.2) is 23.4 Å². The van der Waals surface area contributed by atoms with Gasteiger partial charge in [-0.25, -0.2) is 9.29 Å². The number of benzene rings is 1. The SMILES string of the molecule is CCN1Sc2nc3cc([N+](=O)[O-])ccc3n2CC1C. The van der Waals surface area contributed by atoms with E-state index >= 15 is 0 Å². The number of non-ortho nitro benzene ring substituents is 1. The smallest absolute Gasteiger partial charge is 0.271 e. The zero-order valence-electron chi connectivity index (χ0n) is 10.7. The Morgan fingerprint density at radius 3 is 3.05 bits per heavy atom. The van der Waals surface area contributed by atoms with E-state index in [1.807, 2.05) is 0 Å². The van der Waals surface area contributed by atoms with E-state index in [9.17, 15) is 10.1 Å². The first kappa shape index (κ1) is 12.4. The molecule has 0 bridgehead atoms. The van der Waals surface area contributed by atoms with Crippen molar-refractivity contribution in [1.29, 1.82) is 0 Å². The van der Waals surface area contributed by atoms with Gasteiger partial charge in [-0.15, -0.1) is 0 Å². The fourth-order valence-corrected chi connectivity index (χ4v) is 3.38. The highest BCUT2D eigenvalue weighted by Crippen LogP contribution is 2.34. The standard InChI is InChI=1S/C12H14N4O2S/c1-3-15-8(2)7-14-11-5-4-9(16(17)18)6-10(11)13-12(14)19-15/h4-6,8H,3,7H2,1-2H3. The summed E-state index contributed by atoms with van der Waals surface area (Å²) in [5, 5.41) is 11.7. The van der Waals surface area contributed by atoms with Gasteiger partial charge < -0.3 is 4.57 Å². The molecule has 0 spiro atoms. The number of nitro benzene ring substituents is 1. The molecule has 1 aromatic carbocycles. The van der Waals surface area contributed by atoms with Crippen LogP contribution in [-0.2, 0) is 6.54 Å². The first-order valence-electron chi connectivity index (χ1n) is 6.19. The van der Waals surface area contributed by atoms with Crippen LogP contribution in [-0.4, -0.2) is 31.4 Å². The highest BCUT2D eigenvalue weighted by atomic mass is 32.2. The van der Waals surface area contributed by atoms with E-state index in [-0.39, 0.29) is 10.6 Å². The van der Waals surface area contributed by atoms with Crippen molar-refractivity contribution >= 4 is 28.7 Å².